The van der Waals surface area contributed by atoms with Crippen LogP contribution < -0.4 is 0 Å². The number of hydrogen-bond donors (Lipinski definition) is 1. The van der Waals surface area contributed by atoms with Crippen LogP contribution in [0.25, 0.3) is 0 Å². The zero-order chi connectivity index (χ0) is 27.1. The van der Waals surface area contributed by atoms with Crippen LogP contribution in [0.2, 0.25) is 0 Å². The van der Waals surface area contributed by atoms with Gasteiger partial charge in [0.05, 0.1) is 0 Å². The van der Waals surface area contributed by atoms with E-state index in [-0.39, 0.29) is 0 Å². The topological polar surface area (TPSA) is 37.3 Å². The molecule has 3 aliphatic rings. The van der Waals surface area contributed by atoms with Gasteiger partial charge in [0.25, 0.3) is 0 Å². The highest BCUT2D eigenvalue weighted by Crippen LogP contribution is 2.17. The molecule has 0 atom stereocenters. The standard InChI is InChI=1S/3C10H20.C5H8O2/c3*1-2-4-6-8-10-9-7-5-3-1;1-3-4(2)5(6)7/h3*1-10H2;3H,1-2H3,(H,6,7)/b;;;4-3+. The second-order valence-corrected chi connectivity index (χ2v) is 11.9. The summed E-state index contributed by atoms with van der Waals surface area (Å²) in [4.78, 5) is 9.86. The van der Waals surface area contributed by atoms with Gasteiger partial charge in [-0.15, -0.1) is 0 Å². The van der Waals surface area contributed by atoms with E-state index in [2.05, 4.69) is 0 Å². The Morgan fingerprint density at radius 2 is 0.486 bits per heavy atom. The molecule has 0 radical (unpaired) electrons. The molecule has 3 aliphatic carbocycles. The summed E-state index contributed by atoms with van der Waals surface area (Å²) in [5.41, 5.74) is 0.389. The van der Waals surface area contributed by atoms with E-state index in [1.54, 1.807) is 19.9 Å². The van der Waals surface area contributed by atoms with E-state index in [0.717, 1.165) is 0 Å². The van der Waals surface area contributed by atoms with Crippen molar-refractivity contribution in [2.75, 3.05) is 0 Å². The van der Waals surface area contributed by atoms with Gasteiger partial charge in [-0.2, -0.15) is 0 Å². The van der Waals surface area contributed by atoms with E-state index in [1.807, 2.05) is 0 Å². The molecular formula is C35H68O2. The summed E-state index contributed by atoms with van der Waals surface area (Å²) in [5.74, 6) is -0.845. The first-order valence-corrected chi connectivity index (χ1v) is 17.0. The first-order chi connectivity index (χ1) is 18.2. The molecule has 0 aromatic heterocycles. The lowest BCUT2D eigenvalue weighted by atomic mass is 10.0. The fourth-order valence-corrected chi connectivity index (χ4v) is 5.43. The molecular weight excluding hydrogens is 452 g/mol. The maximum Gasteiger partial charge on any atom is 0.330 e. The lowest BCUT2D eigenvalue weighted by Gasteiger charge is -2.05. The molecule has 0 heterocycles. The molecule has 3 rings (SSSR count). The summed E-state index contributed by atoms with van der Waals surface area (Å²) in [6.07, 6.45) is 46.6. The number of rotatable bonds is 1. The molecule has 0 spiro atoms. The van der Waals surface area contributed by atoms with Crippen LogP contribution in [0.4, 0.5) is 0 Å². The van der Waals surface area contributed by atoms with Crippen molar-refractivity contribution in [3.63, 3.8) is 0 Å². The van der Waals surface area contributed by atoms with E-state index < -0.39 is 5.97 Å². The Hall–Kier alpha value is -0.790. The number of allylic oxidation sites excluding steroid dienone is 1. The van der Waals surface area contributed by atoms with Crippen LogP contribution in [0, 0.1) is 0 Å². The summed E-state index contributed by atoms with van der Waals surface area (Å²) in [5, 5.41) is 8.11. The summed E-state index contributed by atoms with van der Waals surface area (Å²) < 4.78 is 0. The van der Waals surface area contributed by atoms with Gasteiger partial charge in [0.1, 0.15) is 0 Å². The lowest BCUT2D eigenvalue weighted by Crippen LogP contribution is -1.93. The minimum absolute atomic E-state index is 0.389. The molecule has 3 saturated carbocycles. The monoisotopic (exact) mass is 521 g/mol. The normalized spacial score (nSPS) is 21.6. The highest BCUT2D eigenvalue weighted by atomic mass is 16.4. The van der Waals surface area contributed by atoms with Crippen LogP contribution in [0.3, 0.4) is 0 Å². The van der Waals surface area contributed by atoms with E-state index in [1.165, 1.54) is 193 Å². The molecule has 2 heteroatoms. The molecule has 0 saturated heterocycles. The SMILES string of the molecule is C/C=C(\C)C(=O)O.C1CCCCCCCCC1.C1CCCCCCCCC1.C1CCCCCCCCC1. The molecule has 0 aromatic rings. The number of aliphatic carboxylic acids is 1. The van der Waals surface area contributed by atoms with Gasteiger partial charge in [-0.3, -0.25) is 0 Å². The van der Waals surface area contributed by atoms with E-state index >= 15 is 0 Å². The van der Waals surface area contributed by atoms with Crippen molar-refractivity contribution in [1.29, 1.82) is 0 Å². The van der Waals surface area contributed by atoms with Crippen molar-refractivity contribution in [2.45, 2.75) is 206 Å². The molecule has 37 heavy (non-hydrogen) atoms. The Labute approximate surface area is 233 Å². The highest BCUT2D eigenvalue weighted by molar-refractivity contribution is 5.85. The quantitative estimate of drug-likeness (QED) is 0.349. The van der Waals surface area contributed by atoms with Gasteiger partial charge in [0.15, 0.2) is 0 Å². The minimum Gasteiger partial charge on any atom is -0.478 e. The molecule has 2 nitrogen and oxygen atoms in total. The van der Waals surface area contributed by atoms with Crippen LogP contribution >= 0.6 is 0 Å². The predicted octanol–water partition coefficient (Wildman–Crippen LogP) is 12.7. The Balaban J connectivity index is 0.000000472. The Kier molecular flexibility index (Phi) is 30.8. The molecule has 0 aliphatic heterocycles. The summed E-state index contributed by atoms with van der Waals surface area (Å²) in [7, 11) is 0. The number of carboxylic acids is 1. The predicted molar refractivity (Wildman–Crippen MR) is 166 cm³/mol. The zero-order valence-electron chi connectivity index (χ0n) is 25.6. The van der Waals surface area contributed by atoms with Crippen molar-refractivity contribution in [3.8, 4) is 0 Å². The molecule has 0 unspecified atom stereocenters. The Morgan fingerprint density at radius 3 is 0.514 bits per heavy atom. The van der Waals surface area contributed by atoms with E-state index in [0.29, 0.717) is 5.57 Å². The summed E-state index contributed by atoms with van der Waals surface area (Å²) >= 11 is 0. The van der Waals surface area contributed by atoms with Crippen molar-refractivity contribution < 1.29 is 9.90 Å². The molecule has 1 N–H and O–H groups in total. The average Bonchev–Trinajstić information content (AvgIpc) is 2.94. The molecule has 220 valence electrons. The first-order valence-electron chi connectivity index (χ1n) is 17.0. The largest absolute Gasteiger partial charge is 0.478 e. The zero-order valence-corrected chi connectivity index (χ0v) is 25.6. The molecule has 0 aromatic carbocycles. The van der Waals surface area contributed by atoms with Gasteiger partial charge in [-0.1, -0.05) is 199 Å². The highest BCUT2D eigenvalue weighted by Gasteiger charge is 1.98. The fraction of sp³-hybridized carbons (Fsp3) is 0.914. The van der Waals surface area contributed by atoms with E-state index in [9.17, 15) is 4.79 Å². The van der Waals surface area contributed by atoms with Crippen molar-refractivity contribution in [3.05, 3.63) is 11.6 Å². The molecule has 3 fully saturated rings. The van der Waals surface area contributed by atoms with Crippen LogP contribution in [-0.2, 0) is 4.79 Å². The second-order valence-electron chi connectivity index (χ2n) is 11.9. The van der Waals surface area contributed by atoms with Gasteiger partial charge in [-0.05, 0) is 13.8 Å². The van der Waals surface area contributed by atoms with Crippen molar-refractivity contribution >= 4 is 5.97 Å². The third-order valence-corrected chi connectivity index (χ3v) is 8.27. The Morgan fingerprint density at radius 1 is 0.378 bits per heavy atom. The number of carbonyl (C=O) groups is 1. The Bertz CT molecular complexity index is 334. The smallest absolute Gasteiger partial charge is 0.330 e. The first kappa shape index (κ1) is 36.2. The van der Waals surface area contributed by atoms with Crippen LogP contribution in [0.1, 0.15) is 206 Å². The maximum absolute atomic E-state index is 9.86. The summed E-state index contributed by atoms with van der Waals surface area (Å²) in [6.45, 7) is 3.26. The third-order valence-electron chi connectivity index (χ3n) is 8.27. The number of hydrogen-bond acceptors (Lipinski definition) is 1. The van der Waals surface area contributed by atoms with Gasteiger partial charge < -0.3 is 5.11 Å². The average molecular weight is 521 g/mol. The maximum atomic E-state index is 9.86. The lowest BCUT2D eigenvalue weighted by molar-refractivity contribution is -0.132. The van der Waals surface area contributed by atoms with Crippen LogP contribution in [0.5, 0.6) is 0 Å². The second kappa shape index (κ2) is 31.4. The third kappa shape index (κ3) is 31.3. The van der Waals surface area contributed by atoms with Crippen LogP contribution in [-0.4, -0.2) is 11.1 Å². The van der Waals surface area contributed by atoms with Gasteiger partial charge in [-0.25, -0.2) is 4.79 Å². The van der Waals surface area contributed by atoms with Gasteiger partial charge in [0.2, 0.25) is 0 Å². The molecule has 0 amide bonds. The fourth-order valence-electron chi connectivity index (χ4n) is 5.43. The number of carboxylic acid groups (broad SMARTS) is 1. The van der Waals surface area contributed by atoms with Crippen molar-refractivity contribution in [2.24, 2.45) is 0 Å². The van der Waals surface area contributed by atoms with E-state index in [4.69, 9.17) is 5.11 Å². The molecule has 0 bridgehead atoms. The minimum atomic E-state index is -0.845. The van der Waals surface area contributed by atoms with Gasteiger partial charge >= 0.3 is 5.97 Å². The summed E-state index contributed by atoms with van der Waals surface area (Å²) in [6, 6.07) is 0. The van der Waals surface area contributed by atoms with Crippen molar-refractivity contribution in [1.82, 2.24) is 0 Å². The van der Waals surface area contributed by atoms with Crippen LogP contribution in [0.15, 0.2) is 11.6 Å². The van der Waals surface area contributed by atoms with Gasteiger partial charge in [0, 0.05) is 5.57 Å².